The van der Waals surface area contributed by atoms with Crippen molar-refractivity contribution in [3.63, 3.8) is 0 Å². The van der Waals surface area contributed by atoms with Crippen LogP contribution in [0, 0.1) is 6.92 Å². The quantitative estimate of drug-likeness (QED) is 0.609. The van der Waals surface area contributed by atoms with E-state index in [1.165, 1.54) is 17.7 Å². The fourth-order valence-corrected chi connectivity index (χ4v) is 0.689. The van der Waals surface area contributed by atoms with E-state index < -0.39 is 0 Å². The summed E-state index contributed by atoms with van der Waals surface area (Å²) in [5.41, 5.74) is 1.83. The van der Waals surface area contributed by atoms with Crippen molar-refractivity contribution in [2.45, 2.75) is 33.6 Å². The van der Waals surface area contributed by atoms with Crippen molar-refractivity contribution in [3.8, 4) is 0 Å². The molecule has 0 aliphatic carbocycles. The third-order valence-corrected chi connectivity index (χ3v) is 1.76. The maximum atomic E-state index is 3.84. The minimum atomic E-state index is 1.27. The van der Waals surface area contributed by atoms with E-state index in [1.807, 2.05) is 18.6 Å². The molecule has 0 aromatic carbocycles. The normalized spacial score (nSPS) is 8.30. The molecule has 0 N–H and O–H groups in total. The lowest BCUT2D eigenvalue weighted by atomic mass is 10.4. The first-order chi connectivity index (χ1) is 4.81. The van der Waals surface area contributed by atoms with Gasteiger partial charge in [-0.15, -0.1) is 11.3 Å². The van der Waals surface area contributed by atoms with E-state index >= 15 is 0 Å². The Labute approximate surface area is 67.1 Å². The van der Waals surface area contributed by atoms with Gasteiger partial charge in [0.2, 0.25) is 0 Å². The van der Waals surface area contributed by atoms with E-state index in [0.29, 0.717) is 0 Å². The molecule has 2 heteroatoms. The van der Waals surface area contributed by atoms with E-state index in [1.54, 1.807) is 11.3 Å². The third kappa shape index (κ3) is 5.76. The maximum Gasteiger partial charge on any atom is 0.0794 e. The highest BCUT2D eigenvalue weighted by Gasteiger charge is 1.76. The molecule has 0 fully saturated rings. The minimum Gasteiger partial charge on any atom is -0.253 e. The maximum absolute atomic E-state index is 3.84. The second-order valence-corrected chi connectivity index (χ2v) is 3.20. The molecule has 1 aromatic rings. The summed E-state index contributed by atoms with van der Waals surface area (Å²) >= 11 is 1.67. The van der Waals surface area contributed by atoms with Crippen LogP contribution in [0.3, 0.4) is 0 Å². The molecule has 58 valence electrons. The summed E-state index contributed by atoms with van der Waals surface area (Å²) in [6, 6.07) is 0. The first-order valence-corrected chi connectivity index (χ1v) is 4.54. The van der Waals surface area contributed by atoms with E-state index in [4.69, 9.17) is 0 Å². The highest BCUT2D eigenvalue weighted by atomic mass is 32.1. The second-order valence-electron chi connectivity index (χ2n) is 2.11. The van der Waals surface area contributed by atoms with Gasteiger partial charge in [0.15, 0.2) is 0 Å². The summed E-state index contributed by atoms with van der Waals surface area (Å²) in [5, 5.41) is 0. The number of aryl methyl sites for hydroxylation is 1. The van der Waals surface area contributed by atoms with Crippen molar-refractivity contribution in [3.05, 3.63) is 16.6 Å². The number of thiazole rings is 1. The Bertz CT molecular complexity index is 133. The van der Waals surface area contributed by atoms with Crippen LogP contribution >= 0.6 is 11.3 Å². The van der Waals surface area contributed by atoms with E-state index in [2.05, 4.69) is 18.8 Å². The Morgan fingerprint density at radius 1 is 1.40 bits per heavy atom. The topological polar surface area (TPSA) is 12.9 Å². The predicted molar refractivity (Wildman–Crippen MR) is 47.4 cm³/mol. The summed E-state index contributed by atoms with van der Waals surface area (Å²) < 4.78 is 0. The SMILES string of the molecule is CCCC.Cc1cncs1. The summed E-state index contributed by atoms with van der Waals surface area (Å²) in [7, 11) is 0. The monoisotopic (exact) mass is 157 g/mol. The molecule has 1 rings (SSSR count). The zero-order chi connectivity index (χ0) is 7.82. The van der Waals surface area contributed by atoms with Gasteiger partial charge in [-0.3, -0.25) is 4.98 Å². The van der Waals surface area contributed by atoms with Crippen molar-refractivity contribution in [1.82, 2.24) is 4.98 Å². The van der Waals surface area contributed by atoms with Crippen LogP contribution in [0.25, 0.3) is 0 Å². The van der Waals surface area contributed by atoms with Gasteiger partial charge in [0, 0.05) is 11.1 Å². The molecule has 0 saturated carbocycles. The number of rotatable bonds is 1. The zero-order valence-corrected chi connectivity index (χ0v) is 7.74. The Morgan fingerprint density at radius 2 is 2.00 bits per heavy atom. The molecule has 0 bridgehead atoms. The van der Waals surface area contributed by atoms with Gasteiger partial charge in [0.1, 0.15) is 0 Å². The van der Waals surface area contributed by atoms with Gasteiger partial charge in [-0.05, 0) is 6.92 Å². The lowest BCUT2D eigenvalue weighted by Gasteiger charge is -1.68. The average molecular weight is 157 g/mol. The van der Waals surface area contributed by atoms with Gasteiger partial charge in [-0.2, -0.15) is 0 Å². The fourth-order valence-electron chi connectivity index (χ4n) is 0.279. The molecule has 0 atom stereocenters. The van der Waals surface area contributed by atoms with Gasteiger partial charge in [0.05, 0.1) is 5.51 Å². The van der Waals surface area contributed by atoms with Crippen LogP contribution in [0.1, 0.15) is 31.6 Å². The molecule has 0 amide bonds. The van der Waals surface area contributed by atoms with Crippen LogP contribution in [-0.4, -0.2) is 4.98 Å². The molecule has 1 nitrogen and oxygen atoms in total. The molecule has 0 radical (unpaired) electrons. The molecule has 0 aliphatic rings. The minimum absolute atomic E-state index is 1.27. The summed E-state index contributed by atoms with van der Waals surface area (Å²) in [6.45, 7) is 6.40. The first kappa shape index (κ1) is 9.63. The summed E-state index contributed by atoms with van der Waals surface area (Å²) in [6.07, 6.45) is 4.49. The average Bonchev–Trinajstić information content (AvgIpc) is 2.40. The largest absolute Gasteiger partial charge is 0.253 e. The predicted octanol–water partition coefficient (Wildman–Crippen LogP) is 3.26. The zero-order valence-electron chi connectivity index (χ0n) is 6.92. The number of hydrogen-bond donors (Lipinski definition) is 0. The highest BCUT2D eigenvalue weighted by molar-refractivity contribution is 7.09. The van der Waals surface area contributed by atoms with E-state index in [-0.39, 0.29) is 0 Å². The molecular formula is C8H15NS. The molecule has 10 heavy (non-hydrogen) atoms. The molecular weight excluding hydrogens is 142 g/mol. The van der Waals surface area contributed by atoms with Gasteiger partial charge in [-0.25, -0.2) is 0 Å². The summed E-state index contributed by atoms with van der Waals surface area (Å²) in [4.78, 5) is 5.11. The van der Waals surface area contributed by atoms with Gasteiger partial charge >= 0.3 is 0 Å². The van der Waals surface area contributed by atoms with Crippen molar-refractivity contribution in [2.75, 3.05) is 0 Å². The van der Waals surface area contributed by atoms with Crippen molar-refractivity contribution in [2.24, 2.45) is 0 Å². The number of aromatic nitrogens is 1. The molecule has 0 aliphatic heterocycles. The van der Waals surface area contributed by atoms with Crippen LogP contribution in [0.5, 0.6) is 0 Å². The highest BCUT2D eigenvalue weighted by Crippen LogP contribution is 1.99. The molecule has 1 heterocycles. The first-order valence-electron chi connectivity index (χ1n) is 3.66. The molecule has 0 saturated heterocycles. The standard InChI is InChI=1S/C4H5NS.C4H10/c1-4-2-5-3-6-4;1-3-4-2/h2-3H,1H3;3-4H2,1-2H3. The Morgan fingerprint density at radius 3 is 2.10 bits per heavy atom. The Hall–Kier alpha value is -0.370. The molecule has 0 spiro atoms. The van der Waals surface area contributed by atoms with Crippen LogP contribution in [0.15, 0.2) is 11.7 Å². The molecule has 1 aromatic heterocycles. The van der Waals surface area contributed by atoms with Crippen LogP contribution in [0.4, 0.5) is 0 Å². The smallest absolute Gasteiger partial charge is 0.0794 e. The van der Waals surface area contributed by atoms with Gasteiger partial charge in [-0.1, -0.05) is 26.7 Å². The number of unbranched alkanes of at least 4 members (excludes halogenated alkanes) is 1. The van der Waals surface area contributed by atoms with Gasteiger partial charge < -0.3 is 0 Å². The van der Waals surface area contributed by atoms with Crippen molar-refractivity contribution in [1.29, 1.82) is 0 Å². The van der Waals surface area contributed by atoms with Crippen molar-refractivity contribution < 1.29 is 0 Å². The summed E-state index contributed by atoms with van der Waals surface area (Å²) in [5.74, 6) is 0. The van der Waals surface area contributed by atoms with E-state index in [9.17, 15) is 0 Å². The van der Waals surface area contributed by atoms with Crippen LogP contribution < -0.4 is 0 Å². The van der Waals surface area contributed by atoms with Crippen LogP contribution in [-0.2, 0) is 0 Å². The Balaban J connectivity index is 0.000000180. The van der Waals surface area contributed by atoms with E-state index in [0.717, 1.165) is 0 Å². The fraction of sp³-hybridized carbons (Fsp3) is 0.625. The second kappa shape index (κ2) is 6.75. The lowest BCUT2D eigenvalue weighted by molar-refractivity contribution is 0.886. The van der Waals surface area contributed by atoms with Gasteiger partial charge in [0.25, 0.3) is 0 Å². The number of hydrogen-bond acceptors (Lipinski definition) is 2. The Kier molecular flexibility index (Phi) is 6.50. The lowest BCUT2D eigenvalue weighted by Crippen LogP contribution is -1.48. The third-order valence-electron chi connectivity index (χ3n) is 1.06. The van der Waals surface area contributed by atoms with Crippen molar-refractivity contribution >= 4 is 11.3 Å². The number of nitrogens with zero attached hydrogens (tertiary/aromatic N) is 1. The van der Waals surface area contributed by atoms with Crippen LogP contribution in [0.2, 0.25) is 0 Å². The molecule has 0 unspecified atom stereocenters.